The van der Waals surface area contributed by atoms with Gasteiger partial charge in [0.2, 0.25) is 0 Å². The third-order valence-corrected chi connectivity index (χ3v) is 6.68. The largest absolute Gasteiger partial charge is 0.378 e. The topological polar surface area (TPSA) is 41.6 Å². The van der Waals surface area contributed by atoms with E-state index in [-0.39, 0.29) is 11.9 Å². The zero-order valence-electron chi connectivity index (χ0n) is 15.6. The second-order valence-corrected chi connectivity index (χ2v) is 8.62. The van der Waals surface area contributed by atoms with Gasteiger partial charge in [0, 0.05) is 23.5 Å². The van der Waals surface area contributed by atoms with Crippen LogP contribution in [0.25, 0.3) is 0 Å². The average molecular weight is 439 g/mol. The van der Waals surface area contributed by atoms with Crippen molar-refractivity contribution in [3.63, 3.8) is 0 Å². The fourth-order valence-corrected chi connectivity index (χ4v) is 5.00. The number of morpholine rings is 1. The summed E-state index contributed by atoms with van der Waals surface area (Å²) in [6.07, 6.45) is 5.66. The Labute approximate surface area is 173 Å². The first-order valence-corrected chi connectivity index (χ1v) is 10.7. The Kier molecular flexibility index (Phi) is 4.73. The first-order valence-electron chi connectivity index (χ1n) is 9.91. The predicted octanol–water partition coefficient (Wildman–Crippen LogP) is 4.75. The molecule has 2 aromatic carbocycles. The number of nitrogens with zero attached hydrogens (tertiary/aromatic N) is 1. The summed E-state index contributed by atoms with van der Waals surface area (Å²) in [5, 5.41) is 3.76. The molecule has 5 rings (SSSR count). The van der Waals surface area contributed by atoms with Gasteiger partial charge in [-0.3, -0.25) is 4.79 Å². The first-order chi connectivity index (χ1) is 13.7. The smallest absolute Gasteiger partial charge is 0.256 e. The second-order valence-electron chi connectivity index (χ2n) is 7.70. The molecule has 2 heterocycles. The number of rotatable bonds is 2. The molecular weight excluding hydrogens is 416 g/mol. The van der Waals surface area contributed by atoms with Gasteiger partial charge >= 0.3 is 0 Å². The van der Waals surface area contributed by atoms with Crippen LogP contribution in [0.3, 0.4) is 0 Å². The molecule has 4 nitrogen and oxygen atoms in total. The molecule has 1 amide bonds. The maximum atomic E-state index is 13.3. The van der Waals surface area contributed by atoms with Gasteiger partial charge in [-0.15, -0.1) is 0 Å². The number of amides is 1. The highest BCUT2D eigenvalue weighted by atomic mass is 79.9. The Bertz CT molecular complexity index is 919. The third-order valence-electron chi connectivity index (χ3n) is 6.15. The quantitative estimate of drug-likeness (QED) is 0.687. The molecule has 0 saturated carbocycles. The molecule has 1 saturated heterocycles. The van der Waals surface area contributed by atoms with Crippen LogP contribution in [0.2, 0.25) is 0 Å². The van der Waals surface area contributed by atoms with Crippen LogP contribution in [-0.4, -0.2) is 37.1 Å². The van der Waals surface area contributed by atoms with Crippen LogP contribution in [0.4, 0.5) is 5.69 Å². The van der Waals surface area contributed by atoms with E-state index in [0.717, 1.165) is 22.1 Å². The Morgan fingerprint density at radius 3 is 2.68 bits per heavy atom. The number of para-hydroxylation sites is 1. The van der Waals surface area contributed by atoms with Crippen molar-refractivity contribution < 1.29 is 9.53 Å². The molecule has 3 aliphatic rings. The number of halogens is 1. The normalized spacial score (nSPS) is 25.8. The van der Waals surface area contributed by atoms with Gasteiger partial charge < -0.3 is 15.0 Å². The molecule has 0 aromatic heterocycles. The minimum atomic E-state index is 0.0997. The Morgan fingerprint density at radius 1 is 1.11 bits per heavy atom. The van der Waals surface area contributed by atoms with Crippen molar-refractivity contribution in [3.8, 4) is 0 Å². The monoisotopic (exact) mass is 438 g/mol. The summed E-state index contributed by atoms with van der Waals surface area (Å²) in [6, 6.07) is 14.9. The van der Waals surface area contributed by atoms with E-state index in [1.54, 1.807) is 0 Å². The number of hydrogen-bond donors (Lipinski definition) is 1. The van der Waals surface area contributed by atoms with Crippen LogP contribution >= 0.6 is 15.9 Å². The highest BCUT2D eigenvalue weighted by Crippen LogP contribution is 2.50. The molecule has 144 valence electrons. The fraction of sp³-hybridized carbons (Fsp3) is 0.348. The Morgan fingerprint density at radius 2 is 1.89 bits per heavy atom. The third kappa shape index (κ3) is 3.07. The fourth-order valence-electron chi connectivity index (χ4n) is 4.74. The Balaban J connectivity index is 1.55. The van der Waals surface area contributed by atoms with Crippen LogP contribution in [-0.2, 0) is 4.74 Å². The summed E-state index contributed by atoms with van der Waals surface area (Å²) in [5.41, 5.74) is 4.28. The highest BCUT2D eigenvalue weighted by molar-refractivity contribution is 9.10. The van der Waals surface area contributed by atoms with E-state index < -0.39 is 0 Å². The van der Waals surface area contributed by atoms with Crippen molar-refractivity contribution in [1.29, 1.82) is 0 Å². The van der Waals surface area contributed by atoms with Crippen LogP contribution in [0, 0.1) is 5.92 Å². The molecule has 0 unspecified atom stereocenters. The highest BCUT2D eigenvalue weighted by Gasteiger charge is 2.39. The van der Waals surface area contributed by atoms with Crippen molar-refractivity contribution >= 4 is 27.5 Å². The molecular formula is C23H23BrN2O2. The van der Waals surface area contributed by atoms with Gasteiger partial charge in [-0.1, -0.05) is 52.3 Å². The van der Waals surface area contributed by atoms with Crippen molar-refractivity contribution in [2.24, 2.45) is 5.92 Å². The van der Waals surface area contributed by atoms with Crippen LogP contribution in [0.5, 0.6) is 0 Å². The SMILES string of the molecule is O=C(c1cccc2c1N[C@@H](c1ccc(Br)cc1)[C@@H]1CC=C[C@H]21)N1CCOCC1. The molecule has 3 atom stereocenters. The molecule has 1 fully saturated rings. The molecule has 0 bridgehead atoms. The number of ether oxygens (including phenoxy) is 1. The molecule has 0 radical (unpaired) electrons. The second kappa shape index (κ2) is 7.37. The zero-order valence-corrected chi connectivity index (χ0v) is 17.2. The number of anilines is 1. The minimum absolute atomic E-state index is 0.0997. The maximum absolute atomic E-state index is 13.3. The van der Waals surface area contributed by atoms with Crippen molar-refractivity contribution in [3.05, 3.63) is 75.8 Å². The van der Waals surface area contributed by atoms with Gasteiger partial charge in [-0.2, -0.15) is 0 Å². The summed E-state index contributed by atoms with van der Waals surface area (Å²) in [5.74, 6) is 0.924. The number of benzene rings is 2. The summed E-state index contributed by atoms with van der Waals surface area (Å²) in [6.45, 7) is 2.54. The number of allylic oxidation sites excluding steroid dienone is 2. The van der Waals surface area contributed by atoms with E-state index in [1.807, 2.05) is 17.0 Å². The van der Waals surface area contributed by atoms with Crippen LogP contribution in [0.1, 0.15) is 39.9 Å². The summed E-state index contributed by atoms with van der Waals surface area (Å²) in [7, 11) is 0. The standard InChI is InChI=1S/C23H23BrN2O2/c24-16-9-7-15(8-10-16)21-18-4-1-3-17(18)19-5-2-6-20(22(19)25-21)23(27)26-11-13-28-14-12-26/h1-3,5-10,17-18,21,25H,4,11-14H2/t17-,18+,21-/m0/s1. The van der Waals surface area contributed by atoms with Crippen LogP contribution < -0.4 is 5.32 Å². The van der Waals surface area contributed by atoms with Gasteiger partial charge in [0.05, 0.1) is 30.5 Å². The molecule has 0 spiro atoms. The van der Waals surface area contributed by atoms with Gasteiger partial charge in [-0.25, -0.2) is 0 Å². The van der Waals surface area contributed by atoms with E-state index in [1.165, 1.54) is 11.1 Å². The van der Waals surface area contributed by atoms with Crippen molar-refractivity contribution in [2.75, 3.05) is 31.6 Å². The lowest BCUT2D eigenvalue weighted by Gasteiger charge is -2.39. The molecule has 2 aromatic rings. The van der Waals surface area contributed by atoms with Crippen molar-refractivity contribution in [1.82, 2.24) is 4.90 Å². The molecule has 5 heteroatoms. The lowest BCUT2D eigenvalue weighted by atomic mass is 9.76. The summed E-state index contributed by atoms with van der Waals surface area (Å²) >= 11 is 3.53. The lowest BCUT2D eigenvalue weighted by molar-refractivity contribution is 0.0303. The first kappa shape index (κ1) is 18.0. The molecule has 1 N–H and O–H groups in total. The minimum Gasteiger partial charge on any atom is -0.378 e. The lowest BCUT2D eigenvalue weighted by Crippen LogP contribution is -2.41. The van der Waals surface area contributed by atoms with Crippen LogP contribution in [0.15, 0.2) is 59.1 Å². The maximum Gasteiger partial charge on any atom is 0.256 e. The molecule has 28 heavy (non-hydrogen) atoms. The van der Waals surface area contributed by atoms with Gasteiger partial charge in [-0.05, 0) is 41.7 Å². The van der Waals surface area contributed by atoms with E-state index in [2.05, 4.69) is 63.7 Å². The number of fused-ring (bicyclic) bond motifs is 3. The molecule has 2 aliphatic heterocycles. The molecule has 1 aliphatic carbocycles. The van der Waals surface area contributed by atoms with Crippen molar-refractivity contribution in [2.45, 2.75) is 18.4 Å². The van der Waals surface area contributed by atoms with E-state index in [0.29, 0.717) is 38.1 Å². The van der Waals surface area contributed by atoms with E-state index in [4.69, 9.17) is 4.74 Å². The summed E-state index contributed by atoms with van der Waals surface area (Å²) in [4.78, 5) is 15.2. The van der Waals surface area contributed by atoms with E-state index in [9.17, 15) is 4.79 Å². The number of carbonyl (C=O) groups excluding carboxylic acids is 1. The Hall–Kier alpha value is -2.11. The zero-order chi connectivity index (χ0) is 19.1. The van der Waals surface area contributed by atoms with Gasteiger partial charge in [0.1, 0.15) is 0 Å². The summed E-state index contributed by atoms with van der Waals surface area (Å²) < 4.78 is 6.50. The number of hydrogen-bond acceptors (Lipinski definition) is 3. The number of nitrogens with one attached hydrogen (secondary N) is 1. The van der Waals surface area contributed by atoms with Gasteiger partial charge in [0.15, 0.2) is 0 Å². The average Bonchev–Trinajstić information content (AvgIpc) is 3.24. The predicted molar refractivity (Wildman–Crippen MR) is 114 cm³/mol. The number of carbonyl (C=O) groups is 1. The van der Waals surface area contributed by atoms with E-state index >= 15 is 0 Å². The van der Waals surface area contributed by atoms with Gasteiger partial charge in [0.25, 0.3) is 5.91 Å².